The topological polar surface area (TPSA) is 65.0 Å². The van der Waals surface area contributed by atoms with E-state index in [9.17, 15) is 0 Å². The molecule has 0 unspecified atom stereocenters. The van der Waals surface area contributed by atoms with E-state index in [4.69, 9.17) is 23.8 Å². The van der Waals surface area contributed by atoms with Crippen molar-refractivity contribution in [1.29, 1.82) is 0 Å². The highest BCUT2D eigenvalue weighted by molar-refractivity contribution is 6.30. The van der Waals surface area contributed by atoms with Crippen molar-refractivity contribution >= 4 is 65.4 Å². The Morgan fingerprint density at radius 2 is 0.865 bits per heavy atom. The minimum atomic E-state index is 0.581. The molecule has 0 N–H and O–H groups in total. The van der Waals surface area contributed by atoms with Gasteiger partial charge in [0, 0.05) is 43.6 Å². The Bertz CT molecular complexity index is 3190. The van der Waals surface area contributed by atoms with E-state index in [2.05, 4.69) is 109 Å². The van der Waals surface area contributed by atoms with Crippen LogP contribution in [0.3, 0.4) is 0 Å². The van der Waals surface area contributed by atoms with Crippen molar-refractivity contribution in [3.05, 3.63) is 164 Å². The van der Waals surface area contributed by atoms with Crippen LogP contribution in [0.1, 0.15) is 0 Å². The van der Waals surface area contributed by atoms with Gasteiger partial charge in [-0.25, -0.2) is 15.0 Å². The van der Waals surface area contributed by atoms with E-state index in [-0.39, 0.29) is 0 Å². The molecule has 3 aromatic heterocycles. The van der Waals surface area contributed by atoms with Crippen LogP contribution in [-0.4, -0.2) is 15.0 Å². The second-order valence-corrected chi connectivity index (χ2v) is 13.1. The average Bonchev–Trinajstić information content (AvgIpc) is 3.80. The van der Waals surface area contributed by atoms with Gasteiger partial charge < -0.3 is 8.83 Å². The van der Waals surface area contributed by atoms with Gasteiger partial charge >= 0.3 is 0 Å². The summed E-state index contributed by atoms with van der Waals surface area (Å²) < 4.78 is 12.8. The van der Waals surface area contributed by atoms with Gasteiger partial charge in [0.05, 0.1) is 0 Å². The first-order chi connectivity index (χ1) is 25.8. The molecule has 5 nitrogen and oxygen atoms in total. The van der Waals surface area contributed by atoms with Crippen LogP contribution in [0.2, 0.25) is 0 Å². The van der Waals surface area contributed by atoms with E-state index in [1.165, 1.54) is 0 Å². The Balaban J connectivity index is 1.22. The molecule has 0 aliphatic carbocycles. The van der Waals surface area contributed by atoms with Crippen molar-refractivity contribution < 1.29 is 8.83 Å². The van der Waals surface area contributed by atoms with E-state index < -0.39 is 0 Å². The normalized spacial score (nSPS) is 11.8. The van der Waals surface area contributed by atoms with Crippen LogP contribution in [0.4, 0.5) is 0 Å². The summed E-state index contributed by atoms with van der Waals surface area (Å²) in [6.07, 6.45) is 0. The molecular formula is C47H27N3O2. The van der Waals surface area contributed by atoms with E-state index in [1.54, 1.807) is 0 Å². The minimum absolute atomic E-state index is 0.581. The summed E-state index contributed by atoms with van der Waals surface area (Å²) >= 11 is 0. The molecule has 0 aliphatic rings. The highest BCUT2D eigenvalue weighted by atomic mass is 16.3. The van der Waals surface area contributed by atoms with Crippen molar-refractivity contribution in [1.82, 2.24) is 15.0 Å². The largest absolute Gasteiger partial charge is 0.456 e. The summed E-state index contributed by atoms with van der Waals surface area (Å²) in [7, 11) is 0. The number of aromatic nitrogens is 3. The fourth-order valence-corrected chi connectivity index (χ4v) is 7.80. The molecule has 0 bridgehead atoms. The maximum atomic E-state index is 6.55. The zero-order chi connectivity index (χ0) is 34.2. The lowest BCUT2D eigenvalue weighted by atomic mass is 9.95. The third kappa shape index (κ3) is 4.33. The van der Waals surface area contributed by atoms with Crippen LogP contribution in [0.25, 0.3) is 111 Å². The second-order valence-electron chi connectivity index (χ2n) is 13.1. The first-order valence-electron chi connectivity index (χ1n) is 17.4. The SMILES string of the molecule is c1ccc(-c2ccccc2-c2nc(-c3ccc4c5ccccc5c5oc6ccccc6c5c4c3)nc(-c3cccc4oc5ccccc5c34)n2)cc1. The zero-order valence-corrected chi connectivity index (χ0v) is 27.7. The number of rotatable bonds is 4. The summed E-state index contributed by atoms with van der Waals surface area (Å²) in [4.78, 5) is 15.7. The fourth-order valence-electron chi connectivity index (χ4n) is 7.80. The third-order valence-electron chi connectivity index (χ3n) is 10.1. The first-order valence-corrected chi connectivity index (χ1v) is 17.4. The number of hydrogen-bond donors (Lipinski definition) is 0. The molecule has 242 valence electrons. The van der Waals surface area contributed by atoms with Gasteiger partial charge in [-0.05, 0) is 51.6 Å². The molecule has 11 rings (SSSR count). The number of furan rings is 2. The van der Waals surface area contributed by atoms with Crippen LogP contribution >= 0.6 is 0 Å². The number of hydrogen-bond acceptors (Lipinski definition) is 5. The highest BCUT2D eigenvalue weighted by Crippen LogP contribution is 2.43. The van der Waals surface area contributed by atoms with E-state index in [0.717, 1.165) is 93.2 Å². The van der Waals surface area contributed by atoms with Crippen molar-refractivity contribution in [3.8, 4) is 45.3 Å². The quantitative estimate of drug-likeness (QED) is 0.175. The second kappa shape index (κ2) is 11.2. The molecule has 0 saturated carbocycles. The summed E-state index contributed by atoms with van der Waals surface area (Å²) in [6.45, 7) is 0. The summed E-state index contributed by atoms with van der Waals surface area (Å²) in [5.41, 5.74) is 8.21. The van der Waals surface area contributed by atoms with Gasteiger partial charge in [0.25, 0.3) is 0 Å². The van der Waals surface area contributed by atoms with Crippen LogP contribution in [0.5, 0.6) is 0 Å². The molecule has 5 heteroatoms. The monoisotopic (exact) mass is 665 g/mol. The molecule has 3 heterocycles. The van der Waals surface area contributed by atoms with Crippen molar-refractivity contribution in [2.24, 2.45) is 0 Å². The molecule has 52 heavy (non-hydrogen) atoms. The molecule has 0 amide bonds. The zero-order valence-electron chi connectivity index (χ0n) is 27.7. The molecule has 8 aromatic carbocycles. The molecule has 0 radical (unpaired) electrons. The van der Waals surface area contributed by atoms with Gasteiger partial charge in [-0.15, -0.1) is 0 Å². The molecule has 0 aliphatic heterocycles. The van der Waals surface area contributed by atoms with Crippen molar-refractivity contribution in [2.45, 2.75) is 0 Å². The van der Waals surface area contributed by atoms with Crippen molar-refractivity contribution in [2.75, 3.05) is 0 Å². The van der Waals surface area contributed by atoms with Crippen molar-refractivity contribution in [3.63, 3.8) is 0 Å². The lowest BCUT2D eigenvalue weighted by Crippen LogP contribution is -2.01. The van der Waals surface area contributed by atoms with E-state index >= 15 is 0 Å². The fraction of sp³-hybridized carbons (Fsp3) is 0. The maximum Gasteiger partial charge on any atom is 0.164 e. The van der Waals surface area contributed by atoms with Gasteiger partial charge in [0.1, 0.15) is 22.3 Å². The number of nitrogens with zero attached hydrogens (tertiary/aromatic N) is 3. The Morgan fingerprint density at radius 3 is 1.67 bits per heavy atom. The van der Waals surface area contributed by atoms with Gasteiger partial charge in [-0.1, -0.05) is 140 Å². The Kier molecular flexibility index (Phi) is 6.18. The van der Waals surface area contributed by atoms with Crippen LogP contribution in [0, 0.1) is 0 Å². The lowest BCUT2D eigenvalue weighted by molar-refractivity contribution is 0.669. The van der Waals surface area contributed by atoms with Gasteiger partial charge in [-0.3, -0.25) is 0 Å². The highest BCUT2D eigenvalue weighted by Gasteiger charge is 2.21. The van der Waals surface area contributed by atoms with Crippen LogP contribution < -0.4 is 0 Å². The summed E-state index contributed by atoms with van der Waals surface area (Å²) in [5.74, 6) is 1.77. The molecular weight excluding hydrogens is 639 g/mol. The molecule has 0 spiro atoms. The smallest absolute Gasteiger partial charge is 0.164 e. The maximum absolute atomic E-state index is 6.55. The third-order valence-corrected chi connectivity index (χ3v) is 10.1. The molecule has 0 saturated heterocycles. The number of fused-ring (bicyclic) bond motifs is 11. The standard InChI is InChI=1S/C47H27N3O2/c1-2-13-28(14-3-1)30-15-4-7-18-34(30)46-48-45(49-47(50-46)37-21-12-24-41-42(37)35-19-8-10-22-39(35)51-41)29-25-26-32-31-16-5-6-17-33(31)44-43(38(32)27-29)36-20-9-11-23-40(36)52-44/h1-27H. The number of benzene rings is 8. The Labute approximate surface area is 297 Å². The number of para-hydroxylation sites is 2. The predicted octanol–water partition coefficient (Wildman–Crippen LogP) is 12.6. The lowest BCUT2D eigenvalue weighted by Gasteiger charge is -2.13. The average molecular weight is 666 g/mol. The van der Waals surface area contributed by atoms with E-state index in [0.29, 0.717) is 17.5 Å². The van der Waals surface area contributed by atoms with Gasteiger partial charge in [-0.2, -0.15) is 0 Å². The summed E-state index contributed by atoms with van der Waals surface area (Å²) in [5, 5.41) is 8.65. The molecule has 11 aromatic rings. The molecule has 0 fully saturated rings. The minimum Gasteiger partial charge on any atom is -0.456 e. The van der Waals surface area contributed by atoms with Crippen LogP contribution in [0.15, 0.2) is 173 Å². The predicted molar refractivity (Wildman–Crippen MR) is 211 cm³/mol. The summed E-state index contributed by atoms with van der Waals surface area (Å²) in [6, 6.07) is 56.1. The Morgan fingerprint density at radius 1 is 0.308 bits per heavy atom. The van der Waals surface area contributed by atoms with Crippen LogP contribution in [-0.2, 0) is 0 Å². The van der Waals surface area contributed by atoms with E-state index in [1.807, 2.05) is 54.6 Å². The first kappa shape index (κ1) is 28.7. The van der Waals surface area contributed by atoms with Gasteiger partial charge in [0.15, 0.2) is 17.5 Å². The van der Waals surface area contributed by atoms with Gasteiger partial charge in [0.2, 0.25) is 0 Å². The molecule has 0 atom stereocenters. The Hall–Kier alpha value is -7.11.